The van der Waals surface area contributed by atoms with Crippen molar-refractivity contribution in [1.29, 1.82) is 0 Å². The van der Waals surface area contributed by atoms with E-state index in [0.717, 1.165) is 11.3 Å². The van der Waals surface area contributed by atoms with Crippen molar-refractivity contribution in [3.05, 3.63) is 54.3 Å². The van der Waals surface area contributed by atoms with Crippen LogP contribution in [0.1, 0.15) is 18.6 Å². The summed E-state index contributed by atoms with van der Waals surface area (Å²) in [4.78, 5) is 16.2. The Morgan fingerprint density at radius 3 is 2.67 bits per heavy atom. The van der Waals surface area contributed by atoms with Crippen LogP contribution in [0.5, 0.6) is 0 Å². The molecule has 124 valence electrons. The third kappa shape index (κ3) is 4.01. The summed E-state index contributed by atoms with van der Waals surface area (Å²) in [5, 5.41) is 9.51. The normalized spacial score (nSPS) is 11.9. The van der Waals surface area contributed by atoms with Gasteiger partial charge >= 0.3 is 6.03 Å². The summed E-state index contributed by atoms with van der Waals surface area (Å²) in [6.07, 6.45) is 2.26. The summed E-state index contributed by atoms with van der Waals surface area (Å²) in [6, 6.07) is 10.6. The number of aromatic nitrogens is 2. The molecule has 1 aromatic carbocycles. The molecular formula is C17H18N4O3. The Kier molecular flexibility index (Phi) is 4.60. The summed E-state index contributed by atoms with van der Waals surface area (Å²) in [5.74, 6) is 1.87. The van der Waals surface area contributed by atoms with E-state index in [2.05, 4.69) is 20.8 Å². The van der Waals surface area contributed by atoms with Crippen molar-refractivity contribution in [2.75, 3.05) is 5.32 Å². The Balaban J connectivity index is 1.54. The number of carbonyl (C=O) groups is 1. The highest BCUT2D eigenvalue weighted by Gasteiger charge is 2.10. The van der Waals surface area contributed by atoms with Gasteiger partial charge in [-0.05, 0) is 43.3 Å². The van der Waals surface area contributed by atoms with Gasteiger partial charge in [-0.25, -0.2) is 4.79 Å². The molecule has 0 fully saturated rings. The quantitative estimate of drug-likeness (QED) is 0.749. The Morgan fingerprint density at radius 1 is 1.25 bits per heavy atom. The molecule has 3 aromatic rings. The fraction of sp³-hybridized carbons (Fsp3) is 0.235. The zero-order valence-corrected chi connectivity index (χ0v) is 13.4. The van der Waals surface area contributed by atoms with E-state index < -0.39 is 0 Å². The number of nitrogens with one attached hydrogen (secondary N) is 2. The number of amides is 2. The number of rotatable bonds is 5. The summed E-state index contributed by atoms with van der Waals surface area (Å²) in [6.45, 7) is 3.66. The van der Waals surface area contributed by atoms with Crippen LogP contribution in [0.15, 0.2) is 51.6 Å². The minimum atomic E-state index is -0.266. The molecule has 0 spiro atoms. The molecule has 0 radical (unpaired) electrons. The molecule has 0 saturated carbocycles. The molecule has 2 amide bonds. The predicted octanol–water partition coefficient (Wildman–Crippen LogP) is 3.39. The maximum atomic E-state index is 12.0. The van der Waals surface area contributed by atoms with Crippen LogP contribution >= 0.6 is 0 Å². The second-order valence-corrected chi connectivity index (χ2v) is 5.50. The molecule has 3 rings (SSSR count). The van der Waals surface area contributed by atoms with E-state index in [-0.39, 0.29) is 12.1 Å². The maximum absolute atomic E-state index is 12.0. The third-order valence-electron chi connectivity index (χ3n) is 3.39. The molecule has 0 saturated heterocycles. The SMILES string of the molecule is Cc1nc(-c2ccc(NC(=O)N[C@@H](C)Cc3ccco3)cc2)no1. The Morgan fingerprint density at radius 2 is 2.04 bits per heavy atom. The van der Waals surface area contributed by atoms with Gasteiger partial charge in [0.1, 0.15) is 5.76 Å². The van der Waals surface area contributed by atoms with E-state index in [9.17, 15) is 4.79 Å². The van der Waals surface area contributed by atoms with Gasteiger partial charge in [-0.2, -0.15) is 4.98 Å². The van der Waals surface area contributed by atoms with Gasteiger partial charge in [0.05, 0.1) is 6.26 Å². The number of furan rings is 1. The molecule has 1 atom stereocenters. The average Bonchev–Trinajstić information content (AvgIpc) is 3.19. The summed E-state index contributed by atoms with van der Waals surface area (Å²) in [5.41, 5.74) is 1.51. The standard InChI is InChI=1S/C17H18N4O3/c1-11(10-15-4-3-9-23-15)18-17(22)20-14-7-5-13(6-8-14)16-19-12(2)24-21-16/h3-9,11H,10H2,1-2H3,(H2,18,20,22)/t11-/m0/s1. The summed E-state index contributed by atoms with van der Waals surface area (Å²) >= 11 is 0. The maximum Gasteiger partial charge on any atom is 0.319 e. The highest BCUT2D eigenvalue weighted by Crippen LogP contribution is 2.18. The molecule has 0 bridgehead atoms. The Labute approximate surface area is 139 Å². The largest absolute Gasteiger partial charge is 0.469 e. The van der Waals surface area contributed by atoms with E-state index in [4.69, 9.17) is 8.94 Å². The number of hydrogen-bond acceptors (Lipinski definition) is 5. The van der Waals surface area contributed by atoms with Crippen molar-refractivity contribution in [3.63, 3.8) is 0 Å². The lowest BCUT2D eigenvalue weighted by molar-refractivity contribution is 0.248. The fourth-order valence-electron chi connectivity index (χ4n) is 2.29. The first-order valence-corrected chi connectivity index (χ1v) is 7.61. The number of benzene rings is 1. The van der Waals surface area contributed by atoms with Gasteiger partial charge in [0.25, 0.3) is 0 Å². The van der Waals surface area contributed by atoms with E-state index in [1.807, 2.05) is 31.2 Å². The van der Waals surface area contributed by atoms with Crippen molar-refractivity contribution in [2.45, 2.75) is 26.3 Å². The summed E-state index contributed by atoms with van der Waals surface area (Å²) < 4.78 is 10.2. The number of anilines is 1. The second-order valence-electron chi connectivity index (χ2n) is 5.50. The van der Waals surface area contributed by atoms with Crippen LogP contribution in [0.25, 0.3) is 11.4 Å². The number of aryl methyl sites for hydroxylation is 1. The number of hydrogen-bond donors (Lipinski definition) is 2. The van der Waals surface area contributed by atoms with E-state index >= 15 is 0 Å². The lowest BCUT2D eigenvalue weighted by atomic mass is 10.2. The van der Waals surface area contributed by atoms with Crippen LogP contribution in [-0.2, 0) is 6.42 Å². The molecular weight excluding hydrogens is 308 g/mol. The van der Waals surface area contributed by atoms with Crippen molar-refractivity contribution < 1.29 is 13.7 Å². The predicted molar refractivity (Wildman–Crippen MR) is 88.5 cm³/mol. The van der Waals surface area contributed by atoms with E-state index in [0.29, 0.717) is 23.8 Å². The minimum absolute atomic E-state index is 0.0438. The first kappa shape index (κ1) is 15.8. The monoisotopic (exact) mass is 326 g/mol. The first-order valence-electron chi connectivity index (χ1n) is 7.61. The molecule has 0 unspecified atom stereocenters. The van der Waals surface area contributed by atoms with Gasteiger partial charge in [0, 0.05) is 30.6 Å². The van der Waals surface area contributed by atoms with E-state index in [1.54, 1.807) is 25.3 Å². The van der Waals surface area contributed by atoms with Gasteiger partial charge in [0.2, 0.25) is 11.7 Å². The van der Waals surface area contributed by atoms with Crippen LogP contribution in [0.3, 0.4) is 0 Å². The van der Waals surface area contributed by atoms with Crippen LogP contribution in [0, 0.1) is 6.92 Å². The number of urea groups is 1. The summed E-state index contributed by atoms with van der Waals surface area (Å²) in [7, 11) is 0. The molecule has 0 aliphatic rings. The zero-order chi connectivity index (χ0) is 16.9. The van der Waals surface area contributed by atoms with E-state index in [1.165, 1.54) is 0 Å². The van der Waals surface area contributed by atoms with Gasteiger partial charge in [-0.1, -0.05) is 5.16 Å². The number of nitrogens with zero attached hydrogens (tertiary/aromatic N) is 2. The molecule has 24 heavy (non-hydrogen) atoms. The molecule has 0 aliphatic heterocycles. The average molecular weight is 326 g/mol. The zero-order valence-electron chi connectivity index (χ0n) is 13.4. The van der Waals surface area contributed by atoms with Crippen LogP contribution < -0.4 is 10.6 Å². The van der Waals surface area contributed by atoms with Gasteiger partial charge in [0.15, 0.2) is 0 Å². The first-order chi connectivity index (χ1) is 11.6. The smallest absolute Gasteiger partial charge is 0.319 e. The number of carbonyl (C=O) groups excluding carboxylic acids is 1. The van der Waals surface area contributed by atoms with Crippen molar-refractivity contribution >= 4 is 11.7 Å². The molecule has 2 aromatic heterocycles. The van der Waals surface area contributed by atoms with Crippen molar-refractivity contribution in [1.82, 2.24) is 15.5 Å². The molecule has 7 heteroatoms. The molecule has 2 N–H and O–H groups in total. The lowest BCUT2D eigenvalue weighted by Crippen LogP contribution is -2.37. The van der Waals surface area contributed by atoms with Crippen LogP contribution in [0.2, 0.25) is 0 Å². The van der Waals surface area contributed by atoms with Crippen molar-refractivity contribution in [2.24, 2.45) is 0 Å². The van der Waals surface area contributed by atoms with Crippen LogP contribution in [0.4, 0.5) is 10.5 Å². The highest BCUT2D eigenvalue weighted by molar-refractivity contribution is 5.89. The topological polar surface area (TPSA) is 93.2 Å². The Bertz CT molecular complexity index is 794. The minimum Gasteiger partial charge on any atom is -0.469 e. The second kappa shape index (κ2) is 6.99. The molecule has 2 heterocycles. The fourth-order valence-corrected chi connectivity index (χ4v) is 2.29. The lowest BCUT2D eigenvalue weighted by Gasteiger charge is -2.13. The Hall–Kier alpha value is -3.09. The van der Waals surface area contributed by atoms with Crippen LogP contribution in [-0.4, -0.2) is 22.2 Å². The van der Waals surface area contributed by atoms with Gasteiger partial charge in [-0.3, -0.25) is 0 Å². The van der Waals surface area contributed by atoms with Gasteiger partial charge < -0.3 is 19.6 Å². The van der Waals surface area contributed by atoms with Crippen molar-refractivity contribution in [3.8, 4) is 11.4 Å². The molecule has 0 aliphatic carbocycles. The third-order valence-corrected chi connectivity index (χ3v) is 3.39. The highest BCUT2D eigenvalue weighted by atomic mass is 16.5. The van der Waals surface area contributed by atoms with Gasteiger partial charge in [-0.15, -0.1) is 0 Å². The molecule has 7 nitrogen and oxygen atoms in total.